The highest BCUT2D eigenvalue weighted by molar-refractivity contribution is 5.77. The van der Waals surface area contributed by atoms with E-state index in [-0.39, 0.29) is 11.3 Å². The Morgan fingerprint density at radius 2 is 2.13 bits per heavy atom. The van der Waals surface area contributed by atoms with Crippen LogP contribution in [0.15, 0.2) is 12.4 Å². The first-order valence-corrected chi connectivity index (χ1v) is 8.58. The lowest BCUT2D eigenvalue weighted by atomic mass is 9.73. The molecule has 1 aromatic rings. The zero-order chi connectivity index (χ0) is 16.3. The second-order valence-electron chi connectivity index (χ2n) is 7.07. The van der Waals surface area contributed by atoms with Crippen LogP contribution in [0.4, 0.5) is 0 Å². The number of likely N-dealkylation sites (tertiary alicyclic amines) is 2. The Hall–Kier alpha value is -1.53. The monoisotopic (exact) mass is 317 g/mol. The van der Waals surface area contributed by atoms with E-state index in [0.717, 1.165) is 44.0 Å². The summed E-state index contributed by atoms with van der Waals surface area (Å²) in [6, 6.07) is 0. The third-order valence-corrected chi connectivity index (χ3v) is 5.12. The van der Waals surface area contributed by atoms with Crippen molar-refractivity contribution < 1.29 is 4.79 Å². The summed E-state index contributed by atoms with van der Waals surface area (Å²) in [5.74, 6) is 0.244. The molecule has 0 saturated carbocycles. The summed E-state index contributed by atoms with van der Waals surface area (Å²) < 4.78 is 0. The second-order valence-corrected chi connectivity index (χ2v) is 7.07. The van der Waals surface area contributed by atoms with E-state index in [1.54, 1.807) is 12.4 Å². The first kappa shape index (κ1) is 16.3. The molecule has 2 aliphatic heterocycles. The third kappa shape index (κ3) is 3.87. The first-order chi connectivity index (χ1) is 11.1. The van der Waals surface area contributed by atoms with Gasteiger partial charge in [0.05, 0.1) is 24.1 Å². The highest BCUT2D eigenvalue weighted by atomic mass is 16.2. The number of amides is 1. The second kappa shape index (κ2) is 6.93. The Balaban J connectivity index is 1.68. The van der Waals surface area contributed by atoms with Gasteiger partial charge in [-0.25, -0.2) is 0 Å². The molecule has 0 radical (unpaired) electrons. The van der Waals surface area contributed by atoms with Gasteiger partial charge in [-0.2, -0.15) is 0 Å². The minimum Gasteiger partial charge on any atom is -0.336 e. The van der Waals surface area contributed by atoms with Gasteiger partial charge in [-0.3, -0.25) is 14.8 Å². The molecule has 1 atom stereocenters. The van der Waals surface area contributed by atoms with Crippen LogP contribution in [0.3, 0.4) is 0 Å². The van der Waals surface area contributed by atoms with Crippen molar-refractivity contribution in [2.45, 2.75) is 39.2 Å². The number of hydrogen-bond acceptors (Lipinski definition) is 5. The summed E-state index contributed by atoms with van der Waals surface area (Å²) in [6.07, 6.45) is 7.61. The number of rotatable bonds is 4. The predicted molar refractivity (Wildman–Crippen MR) is 88.6 cm³/mol. The molecule has 0 aliphatic carbocycles. The number of nitrogens with two attached hydrogens (primary N) is 1. The van der Waals surface area contributed by atoms with Gasteiger partial charge in [0.25, 0.3) is 0 Å². The van der Waals surface area contributed by atoms with E-state index < -0.39 is 0 Å². The highest BCUT2D eigenvalue weighted by Gasteiger charge is 2.41. The van der Waals surface area contributed by atoms with E-state index in [4.69, 9.17) is 5.73 Å². The van der Waals surface area contributed by atoms with Crippen LogP contribution in [0.5, 0.6) is 0 Å². The first-order valence-electron chi connectivity index (χ1n) is 8.58. The van der Waals surface area contributed by atoms with Crippen LogP contribution in [0.25, 0.3) is 0 Å². The van der Waals surface area contributed by atoms with Gasteiger partial charge in [0.1, 0.15) is 0 Å². The lowest BCUT2D eigenvalue weighted by molar-refractivity contribution is -0.140. The maximum absolute atomic E-state index is 12.3. The molecule has 1 unspecified atom stereocenters. The average molecular weight is 317 g/mol. The number of aryl methyl sites for hydroxylation is 1. The number of nitrogens with zero attached hydrogens (tertiary/aromatic N) is 4. The average Bonchev–Trinajstić information content (AvgIpc) is 2.54. The minimum absolute atomic E-state index is 0.236. The molecular formula is C17H27N5O. The molecule has 23 heavy (non-hydrogen) atoms. The van der Waals surface area contributed by atoms with Crippen molar-refractivity contribution in [1.82, 2.24) is 19.8 Å². The number of carbonyl (C=O) groups is 1. The van der Waals surface area contributed by atoms with Gasteiger partial charge in [0.15, 0.2) is 0 Å². The minimum atomic E-state index is 0.236. The summed E-state index contributed by atoms with van der Waals surface area (Å²) >= 11 is 0. The van der Waals surface area contributed by atoms with Gasteiger partial charge in [0, 0.05) is 44.2 Å². The van der Waals surface area contributed by atoms with Gasteiger partial charge in [-0.15, -0.1) is 0 Å². The molecular weight excluding hydrogens is 290 g/mol. The van der Waals surface area contributed by atoms with Crippen LogP contribution in [-0.2, 0) is 11.3 Å². The zero-order valence-corrected chi connectivity index (χ0v) is 14.0. The van der Waals surface area contributed by atoms with Crippen LogP contribution in [-0.4, -0.2) is 58.4 Å². The van der Waals surface area contributed by atoms with Crippen molar-refractivity contribution in [1.29, 1.82) is 0 Å². The topological polar surface area (TPSA) is 75.3 Å². The van der Waals surface area contributed by atoms with Gasteiger partial charge in [-0.05, 0) is 32.7 Å². The van der Waals surface area contributed by atoms with E-state index >= 15 is 0 Å². The van der Waals surface area contributed by atoms with Crippen molar-refractivity contribution >= 4 is 5.91 Å². The fourth-order valence-corrected chi connectivity index (χ4v) is 3.96. The zero-order valence-electron chi connectivity index (χ0n) is 14.0. The van der Waals surface area contributed by atoms with Crippen LogP contribution < -0.4 is 5.73 Å². The van der Waals surface area contributed by atoms with Crippen LogP contribution in [0.1, 0.15) is 37.1 Å². The molecule has 2 fully saturated rings. The molecule has 6 heteroatoms. The predicted octanol–water partition coefficient (Wildman–Crippen LogP) is 0.948. The summed E-state index contributed by atoms with van der Waals surface area (Å²) in [7, 11) is 0. The lowest BCUT2D eigenvalue weighted by Crippen LogP contribution is -2.54. The summed E-state index contributed by atoms with van der Waals surface area (Å²) in [4.78, 5) is 25.5. The molecule has 0 bridgehead atoms. The molecule has 3 heterocycles. The van der Waals surface area contributed by atoms with Gasteiger partial charge in [0.2, 0.25) is 5.91 Å². The maximum Gasteiger partial charge on any atom is 0.222 e. The molecule has 1 aromatic heterocycles. The Bertz CT molecular complexity index is 544. The van der Waals surface area contributed by atoms with Crippen LogP contribution in [0, 0.1) is 12.3 Å². The van der Waals surface area contributed by atoms with Crippen molar-refractivity contribution in [3.8, 4) is 0 Å². The molecule has 1 amide bonds. The summed E-state index contributed by atoms with van der Waals surface area (Å²) in [6.45, 7) is 7.19. The number of carbonyl (C=O) groups excluding carboxylic acids is 1. The third-order valence-electron chi connectivity index (χ3n) is 5.12. The molecule has 2 aliphatic rings. The van der Waals surface area contributed by atoms with Crippen molar-refractivity contribution in [2.24, 2.45) is 11.1 Å². The smallest absolute Gasteiger partial charge is 0.222 e. The Labute approximate surface area is 138 Å². The van der Waals surface area contributed by atoms with E-state index in [1.807, 2.05) is 11.8 Å². The normalized spacial score (nSPS) is 26.0. The molecule has 6 nitrogen and oxygen atoms in total. The van der Waals surface area contributed by atoms with E-state index in [9.17, 15) is 4.79 Å². The van der Waals surface area contributed by atoms with E-state index in [2.05, 4.69) is 14.9 Å². The maximum atomic E-state index is 12.3. The number of aromatic nitrogens is 2. The highest BCUT2D eigenvalue weighted by Crippen LogP contribution is 2.39. The Kier molecular flexibility index (Phi) is 4.92. The summed E-state index contributed by atoms with van der Waals surface area (Å²) in [5.41, 5.74) is 7.73. The quantitative estimate of drug-likeness (QED) is 0.895. The summed E-state index contributed by atoms with van der Waals surface area (Å²) in [5, 5.41) is 0. The molecule has 126 valence electrons. The molecule has 2 saturated heterocycles. The molecule has 3 rings (SSSR count). The van der Waals surface area contributed by atoms with Gasteiger partial charge >= 0.3 is 0 Å². The Morgan fingerprint density at radius 3 is 2.87 bits per heavy atom. The fourth-order valence-electron chi connectivity index (χ4n) is 3.96. The molecule has 1 spiro atoms. The Morgan fingerprint density at radius 1 is 1.26 bits per heavy atom. The number of piperidine rings is 2. The van der Waals surface area contributed by atoms with Crippen molar-refractivity contribution in [3.05, 3.63) is 23.8 Å². The van der Waals surface area contributed by atoms with Crippen LogP contribution >= 0.6 is 0 Å². The SMILES string of the molecule is Cc1cnc(CN2CC3(CCCN(CCN)C3)CCC2=O)cn1. The fraction of sp³-hybridized carbons (Fsp3) is 0.706. The van der Waals surface area contributed by atoms with Crippen LogP contribution in [0.2, 0.25) is 0 Å². The largest absolute Gasteiger partial charge is 0.336 e. The van der Waals surface area contributed by atoms with E-state index in [0.29, 0.717) is 19.5 Å². The standard InChI is InChI=1S/C17H27N5O/c1-14-9-20-15(10-19-14)11-22-13-17(5-3-16(22)23)4-2-7-21(12-17)8-6-18/h9-10H,2-8,11-13,18H2,1H3. The van der Waals surface area contributed by atoms with Crippen molar-refractivity contribution in [2.75, 3.05) is 32.7 Å². The lowest BCUT2D eigenvalue weighted by Gasteiger charge is -2.48. The van der Waals surface area contributed by atoms with E-state index in [1.165, 1.54) is 12.8 Å². The van der Waals surface area contributed by atoms with Gasteiger partial charge in [-0.1, -0.05) is 0 Å². The number of hydrogen-bond donors (Lipinski definition) is 1. The van der Waals surface area contributed by atoms with Crippen molar-refractivity contribution in [3.63, 3.8) is 0 Å². The molecule has 2 N–H and O–H groups in total. The molecule has 0 aromatic carbocycles. The van der Waals surface area contributed by atoms with Gasteiger partial charge < -0.3 is 15.5 Å².